The Kier molecular flexibility index (Phi) is 6.60. The third-order valence-corrected chi connectivity index (χ3v) is 5.63. The first-order valence-corrected chi connectivity index (χ1v) is 10.3. The van der Waals surface area contributed by atoms with Gasteiger partial charge in [-0.25, -0.2) is 4.68 Å². The van der Waals surface area contributed by atoms with Crippen LogP contribution in [0.15, 0.2) is 23.4 Å². The number of nitrogens with two attached hydrogens (primary N) is 1. The van der Waals surface area contributed by atoms with Gasteiger partial charge in [-0.05, 0) is 38.3 Å². The summed E-state index contributed by atoms with van der Waals surface area (Å²) in [6.45, 7) is 5.98. The number of aryl methyl sites for hydroxylation is 2. The summed E-state index contributed by atoms with van der Waals surface area (Å²) in [6, 6.07) is 6.01. The summed E-state index contributed by atoms with van der Waals surface area (Å²) >= 11 is 1.32. The molecule has 1 aliphatic rings. The number of amides is 1. The molecule has 146 valence electrons. The van der Waals surface area contributed by atoms with Gasteiger partial charge < -0.3 is 15.5 Å². The Morgan fingerprint density at radius 2 is 1.93 bits per heavy atom. The molecule has 0 saturated carbocycles. The lowest BCUT2D eigenvalue weighted by molar-refractivity contribution is -0.128. The van der Waals surface area contributed by atoms with E-state index < -0.39 is 0 Å². The van der Waals surface area contributed by atoms with Crippen LogP contribution < -0.4 is 10.6 Å². The van der Waals surface area contributed by atoms with E-state index in [1.807, 2.05) is 30.9 Å². The van der Waals surface area contributed by atoms with Crippen molar-refractivity contribution in [1.82, 2.24) is 19.8 Å². The van der Waals surface area contributed by atoms with Gasteiger partial charge in [0.25, 0.3) is 0 Å². The first kappa shape index (κ1) is 19.5. The standard InChI is InChI=1S/C19H27N5O2S/c1-14-7-8-16(15(2)11-14)26-12-17-21-22-19(24(17)20)27-13-18(25)23-9-5-3-4-6-10-23/h7-8,11H,3-6,9-10,12-13,20H2,1-2H3. The van der Waals surface area contributed by atoms with Crippen molar-refractivity contribution >= 4 is 17.7 Å². The molecule has 1 fully saturated rings. The Balaban J connectivity index is 1.54. The van der Waals surface area contributed by atoms with Crippen molar-refractivity contribution in [3.63, 3.8) is 0 Å². The van der Waals surface area contributed by atoms with Crippen molar-refractivity contribution in [2.45, 2.75) is 51.3 Å². The number of likely N-dealkylation sites (tertiary alicyclic amines) is 1. The molecule has 0 atom stereocenters. The SMILES string of the molecule is Cc1ccc(OCc2nnc(SCC(=O)N3CCCCCC3)n2N)c(C)c1. The fraction of sp³-hybridized carbons (Fsp3) is 0.526. The number of benzene rings is 1. The Bertz CT molecular complexity index is 784. The highest BCUT2D eigenvalue weighted by Gasteiger charge is 2.18. The van der Waals surface area contributed by atoms with Gasteiger partial charge in [0.2, 0.25) is 11.1 Å². The van der Waals surface area contributed by atoms with Crippen LogP contribution in [0.4, 0.5) is 0 Å². The number of carbonyl (C=O) groups excluding carboxylic acids is 1. The average molecular weight is 390 g/mol. The zero-order chi connectivity index (χ0) is 19.2. The van der Waals surface area contributed by atoms with E-state index >= 15 is 0 Å². The molecular formula is C19H27N5O2S. The summed E-state index contributed by atoms with van der Waals surface area (Å²) in [6.07, 6.45) is 4.59. The first-order chi connectivity index (χ1) is 13.0. The number of hydrogen-bond acceptors (Lipinski definition) is 6. The highest BCUT2D eigenvalue weighted by Crippen LogP contribution is 2.21. The van der Waals surface area contributed by atoms with Crippen molar-refractivity contribution in [3.05, 3.63) is 35.2 Å². The van der Waals surface area contributed by atoms with Crippen molar-refractivity contribution in [2.75, 3.05) is 24.7 Å². The predicted octanol–water partition coefficient (Wildman–Crippen LogP) is 2.68. The molecule has 1 aliphatic heterocycles. The molecule has 0 unspecified atom stereocenters. The number of aromatic nitrogens is 3. The van der Waals surface area contributed by atoms with Crippen molar-refractivity contribution < 1.29 is 9.53 Å². The van der Waals surface area contributed by atoms with Gasteiger partial charge in [0, 0.05) is 13.1 Å². The molecule has 0 radical (unpaired) electrons. The molecular weight excluding hydrogens is 362 g/mol. The summed E-state index contributed by atoms with van der Waals surface area (Å²) in [5.41, 5.74) is 2.25. The van der Waals surface area contributed by atoms with Crippen LogP contribution >= 0.6 is 11.8 Å². The van der Waals surface area contributed by atoms with Crippen LogP contribution in [0.3, 0.4) is 0 Å². The van der Waals surface area contributed by atoms with Crippen molar-refractivity contribution in [2.24, 2.45) is 0 Å². The molecule has 2 N–H and O–H groups in total. The van der Waals surface area contributed by atoms with E-state index in [0.717, 1.165) is 37.2 Å². The molecule has 3 rings (SSSR count). The number of ether oxygens (including phenoxy) is 1. The van der Waals surface area contributed by atoms with E-state index in [1.165, 1.54) is 34.8 Å². The van der Waals surface area contributed by atoms with Gasteiger partial charge in [-0.1, -0.05) is 42.3 Å². The molecule has 8 heteroatoms. The van der Waals surface area contributed by atoms with E-state index in [1.54, 1.807) is 0 Å². The highest BCUT2D eigenvalue weighted by atomic mass is 32.2. The molecule has 27 heavy (non-hydrogen) atoms. The van der Waals surface area contributed by atoms with E-state index in [-0.39, 0.29) is 12.5 Å². The molecule has 1 aromatic carbocycles. The highest BCUT2D eigenvalue weighted by molar-refractivity contribution is 7.99. The molecule has 2 aromatic rings. The second-order valence-electron chi connectivity index (χ2n) is 6.91. The number of carbonyl (C=O) groups is 1. The van der Waals surface area contributed by atoms with Crippen LogP contribution in [-0.4, -0.2) is 44.5 Å². The zero-order valence-corrected chi connectivity index (χ0v) is 16.8. The monoisotopic (exact) mass is 389 g/mol. The summed E-state index contributed by atoms with van der Waals surface area (Å²) < 4.78 is 7.23. The number of nitrogen functional groups attached to an aromatic ring is 1. The molecule has 0 bridgehead atoms. The summed E-state index contributed by atoms with van der Waals surface area (Å²) in [7, 11) is 0. The minimum atomic E-state index is 0.137. The van der Waals surface area contributed by atoms with Crippen LogP contribution in [0.1, 0.15) is 42.6 Å². The van der Waals surface area contributed by atoms with E-state index in [2.05, 4.69) is 16.3 Å². The van der Waals surface area contributed by atoms with Crippen LogP contribution in [0, 0.1) is 13.8 Å². The van der Waals surface area contributed by atoms with Gasteiger partial charge in [0.15, 0.2) is 5.82 Å². The maximum absolute atomic E-state index is 12.4. The molecule has 2 heterocycles. The largest absolute Gasteiger partial charge is 0.485 e. The third-order valence-electron chi connectivity index (χ3n) is 4.71. The van der Waals surface area contributed by atoms with E-state index in [4.69, 9.17) is 10.6 Å². The van der Waals surface area contributed by atoms with Crippen LogP contribution in [-0.2, 0) is 11.4 Å². The van der Waals surface area contributed by atoms with Gasteiger partial charge in [-0.2, -0.15) is 0 Å². The molecule has 0 aliphatic carbocycles. The number of nitrogens with zero attached hydrogens (tertiary/aromatic N) is 4. The average Bonchev–Trinajstić information content (AvgIpc) is 2.85. The molecule has 0 spiro atoms. The summed E-state index contributed by atoms with van der Waals surface area (Å²) in [5.74, 6) is 7.88. The Labute approximate surface area is 164 Å². The minimum absolute atomic E-state index is 0.137. The Morgan fingerprint density at radius 1 is 1.19 bits per heavy atom. The van der Waals surface area contributed by atoms with Crippen LogP contribution in [0.5, 0.6) is 5.75 Å². The second kappa shape index (κ2) is 9.12. The number of rotatable bonds is 6. The Hall–Kier alpha value is -2.22. The smallest absolute Gasteiger partial charge is 0.233 e. The molecule has 7 nitrogen and oxygen atoms in total. The maximum atomic E-state index is 12.4. The first-order valence-electron chi connectivity index (χ1n) is 9.34. The second-order valence-corrected chi connectivity index (χ2v) is 7.85. The van der Waals surface area contributed by atoms with Crippen molar-refractivity contribution in [1.29, 1.82) is 0 Å². The minimum Gasteiger partial charge on any atom is -0.485 e. The topological polar surface area (TPSA) is 86.3 Å². The fourth-order valence-electron chi connectivity index (χ4n) is 3.15. The number of hydrogen-bond donors (Lipinski definition) is 1. The zero-order valence-electron chi connectivity index (χ0n) is 16.0. The van der Waals surface area contributed by atoms with Crippen LogP contribution in [0.25, 0.3) is 0 Å². The maximum Gasteiger partial charge on any atom is 0.233 e. The lowest BCUT2D eigenvalue weighted by atomic mass is 10.1. The predicted molar refractivity (Wildman–Crippen MR) is 106 cm³/mol. The molecule has 1 saturated heterocycles. The molecule has 1 amide bonds. The lowest BCUT2D eigenvalue weighted by Gasteiger charge is -2.19. The van der Waals surface area contributed by atoms with E-state index in [0.29, 0.717) is 16.7 Å². The third kappa shape index (κ3) is 5.15. The van der Waals surface area contributed by atoms with Gasteiger partial charge in [0.05, 0.1) is 5.75 Å². The van der Waals surface area contributed by atoms with Gasteiger partial charge in [0.1, 0.15) is 12.4 Å². The van der Waals surface area contributed by atoms with Gasteiger partial charge in [-0.3, -0.25) is 4.79 Å². The van der Waals surface area contributed by atoms with Gasteiger partial charge >= 0.3 is 0 Å². The van der Waals surface area contributed by atoms with E-state index in [9.17, 15) is 4.79 Å². The molecule has 1 aromatic heterocycles. The fourth-order valence-corrected chi connectivity index (χ4v) is 3.92. The van der Waals surface area contributed by atoms with Gasteiger partial charge in [-0.15, -0.1) is 10.2 Å². The van der Waals surface area contributed by atoms with Crippen LogP contribution in [0.2, 0.25) is 0 Å². The number of thioether (sulfide) groups is 1. The summed E-state index contributed by atoms with van der Waals surface area (Å²) in [5, 5.41) is 8.73. The summed E-state index contributed by atoms with van der Waals surface area (Å²) in [4.78, 5) is 14.3. The Morgan fingerprint density at radius 3 is 2.63 bits per heavy atom. The lowest BCUT2D eigenvalue weighted by Crippen LogP contribution is -2.33. The van der Waals surface area contributed by atoms with Crippen molar-refractivity contribution in [3.8, 4) is 5.75 Å². The normalized spacial score (nSPS) is 14.8. The quantitative estimate of drug-likeness (QED) is 0.604.